The van der Waals surface area contributed by atoms with Gasteiger partial charge in [-0.1, -0.05) is 11.8 Å². The normalized spacial score (nSPS) is 17.0. The van der Waals surface area contributed by atoms with Gasteiger partial charge in [-0.2, -0.15) is 0 Å². The maximum Gasteiger partial charge on any atom is 0.253 e. The van der Waals surface area contributed by atoms with Crippen LogP contribution >= 0.6 is 11.8 Å². The summed E-state index contributed by atoms with van der Waals surface area (Å²) in [6, 6.07) is 5.38. The molecular weight excluding hydrogens is 236 g/mol. The third-order valence-electron chi connectivity index (χ3n) is 2.32. The molecule has 0 spiro atoms. The van der Waals surface area contributed by atoms with Crippen molar-refractivity contribution in [2.75, 3.05) is 5.32 Å². The molecule has 0 atom stereocenters. The summed E-state index contributed by atoms with van der Waals surface area (Å²) >= 11 is 1.60. The number of carbonyl (C=O) groups excluding carboxylic acids is 2. The predicted octanol–water partition coefficient (Wildman–Crippen LogP) is 2.22. The van der Waals surface area contributed by atoms with Crippen molar-refractivity contribution in [3.63, 3.8) is 0 Å². The highest BCUT2D eigenvalue weighted by Crippen LogP contribution is 2.37. The van der Waals surface area contributed by atoms with E-state index in [0.717, 1.165) is 4.90 Å². The van der Waals surface area contributed by atoms with E-state index in [0.29, 0.717) is 11.3 Å². The van der Waals surface area contributed by atoms with Crippen molar-refractivity contribution in [2.24, 2.45) is 0 Å². The minimum atomic E-state index is -0.292. The number of rotatable bonds is 1. The molecule has 1 aromatic carbocycles. The third kappa shape index (κ3) is 2.61. The Morgan fingerprint density at radius 3 is 2.76 bits per heavy atom. The number of benzene rings is 1. The van der Waals surface area contributed by atoms with E-state index in [1.807, 2.05) is 26.0 Å². The first-order chi connectivity index (χ1) is 7.87. The fraction of sp³-hybridized carbons (Fsp3) is 0.333. The predicted molar refractivity (Wildman–Crippen MR) is 68.1 cm³/mol. The Labute approximate surface area is 104 Å². The first-order valence-corrected chi connectivity index (χ1v) is 6.12. The molecule has 2 N–H and O–H groups in total. The molecule has 90 valence electrons. The first kappa shape index (κ1) is 12.0. The average Bonchev–Trinajstić information content (AvgIpc) is 2.16. The van der Waals surface area contributed by atoms with Gasteiger partial charge in [-0.05, 0) is 32.0 Å². The summed E-state index contributed by atoms with van der Waals surface area (Å²) in [7, 11) is 0. The molecule has 2 amide bonds. The van der Waals surface area contributed by atoms with Crippen LogP contribution in [-0.2, 0) is 4.79 Å². The van der Waals surface area contributed by atoms with Crippen LogP contribution in [-0.4, -0.2) is 16.7 Å². The van der Waals surface area contributed by atoms with Crippen LogP contribution in [0.1, 0.15) is 31.1 Å². The van der Waals surface area contributed by atoms with Gasteiger partial charge in [0.25, 0.3) is 5.91 Å². The number of thioether (sulfide) groups is 1. The van der Waals surface area contributed by atoms with Gasteiger partial charge in [-0.15, -0.1) is 0 Å². The Morgan fingerprint density at radius 1 is 1.41 bits per heavy atom. The van der Waals surface area contributed by atoms with E-state index in [1.165, 1.54) is 6.92 Å². The molecule has 1 heterocycles. The fourth-order valence-corrected chi connectivity index (χ4v) is 2.81. The van der Waals surface area contributed by atoms with Gasteiger partial charge in [-0.25, -0.2) is 0 Å². The lowest BCUT2D eigenvalue weighted by Crippen LogP contribution is -2.43. The summed E-state index contributed by atoms with van der Waals surface area (Å²) in [5.74, 6) is -0.245. The lowest BCUT2D eigenvalue weighted by Gasteiger charge is -2.31. The Kier molecular flexibility index (Phi) is 2.87. The largest absolute Gasteiger partial charge is 0.338 e. The molecule has 0 aliphatic carbocycles. The monoisotopic (exact) mass is 250 g/mol. The van der Waals surface area contributed by atoms with Gasteiger partial charge in [0.05, 0.1) is 10.4 Å². The summed E-state index contributed by atoms with van der Waals surface area (Å²) in [6.07, 6.45) is 0. The Bertz CT molecular complexity index is 497. The van der Waals surface area contributed by atoms with E-state index in [1.54, 1.807) is 17.8 Å². The van der Waals surface area contributed by atoms with Gasteiger partial charge in [0, 0.05) is 17.5 Å². The molecule has 0 unspecified atom stereocenters. The van der Waals surface area contributed by atoms with Crippen molar-refractivity contribution in [2.45, 2.75) is 30.5 Å². The highest BCUT2D eigenvalue weighted by atomic mass is 32.2. The first-order valence-electron chi connectivity index (χ1n) is 5.30. The molecule has 0 fully saturated rings. The van der Waals surface area contributed by atoms with Crippen molar-refractivity contribution in [1.29, 1.82) is 0 Å². The van der Waals surface area contributed by atoms with Crippen LogP contribution in [0, 0.1) is 0 Å². The van der Waals surface area contributed by atoms with Gasteiger partial charge in [-0.3, -0.25) is 9.59 Å². The number of hydrogen-bond donors (Lipinski definition) is 2. The van der Waals surface area contributed by atoms with Crippen LogP contribution in [0.4, 0.5) is 5.69 Å². The molecule has 17 heavy (non-hydrogen) atoms. The fourth-order valence-electron chi connectivity index (χ4n) is 1.72. The quantitative estimate of drug-likeness (QED) is 0.803. The van der Waals surface area contributed by atoms with Crippen LogP contribution in [0.5, 0.6) is 0 Å². The lowest BCUT2D eigenvalue weighted by molar-refractivity contribution is -0.114. The van der Waals surface area contributed by atoms with Crippen LogP contribution in [0.2, 0.25) is 0 Å². The minimum absolute atomic E-state index is 0.101. The van der Waals surface area contributed by atoms with Crippen molar-refractivity contribution in [3.8, 4) is 0 Å². The zero-order valence-electron chi connectivity index (χ0n) is 9.96. The molecule has 0 saturated heterocycles. The van der Waals surface area contributed by atoms with Gasteiger partial charge >= 0.3 is 0 Å². The van der Waals surface area contributed by atoms with Crippen molar-refractivity contribution in [3.05, 3.63) is 23.8 Å². The summed E-state index contributed by atoms with van der Waals surface area (Å²) < 4.78 is 0. The molecule has 1 aromatic rings. The Morgan fingerprint density at radius 2 is 2.12 bits per heavy atom. The SMILES string of the molecule is CC(=O)Nc1ccc2c(c1)C(=O)NC(C)(C)S2. The van der Waals surface area contributed by atoms with E-state index >= 15 is 0 Å². The standard InChI is InChI=1S/C12H14N2O2S/c1-7(15)13-8-4-5-10-9(6-8)11(16)14-12(2,3)17-10/h4-6H,1-3H3,(H,13,15)(H,14,16). The minimum Gasteiger partial charge on any atom is -0.338 e. The Balaban J connectivity index is 2.37. The van der Waals surface area contributed by atoms with Crippen molar-refractivity contribution >= 4 is 29.3 Å². The van der Waals surface area contributed by atoms with Crippen LogP contribution < -0.4 is 10.6 Å². The molecular formula is C12H14N2O2S. The Hall–Kier alpha value is -1.49. The van der Waals surface area contributed by atoms with E-state index in [9.17, 15) is 9.59 Å². The van der Waals surface area contributed by atoms with Gasteiger partial charge in [0.1, 0.15) is 0 Å². The second-order valence-electron chi connectivity index (χ2n) is 4.46. The van der Waals surface area contributed by atoms with E-state index in [4.69, 9.17) is 0 Å². The number of nitrogens with one attached hydrogen (secondary N) is 2. The van der Waals surface area contributed by atoms with Gasteiger partial charge < -0.3 is 10.6 Å². The summed E-state index contributed by atoms with van der Waals surface area (Å²) in [6.45, 7) is 5.36. The molecule has 1 aliphatic heterocycles. The number of fused-ring (bicyclic) bond motifs is 1. The lowest BCUT2D eigenvalue weighted by atomic mass is 10.1. The van der Waals surface area contributed by atoms with Crippen molar-refractivity contribution < 1.29 is 9.59 Å². The highest BCUT2D eigenvalue weighted by molar-refractivity contribution is 8.00. The maximum absolute atomic E-state index is 11.9. The molecule has 0 aromatic heterocycles. The van der Waals surface area contributed by atoms with Gasteiger partial charge in [0.15, 0.2) is 0 Å². The number of anilines is 1. The topological polar surface area (TPSA) is 58.2 Å². The molecule has 0 saturated carbocycles. The zero-order valence-corrected chi connectivity index (χ0v) is 10.8. The second-order valence-corrected chi connectivity index (χ2v) is 6.12. The summed E-state index contributed by atoms with van der Waals surface area (Å²) in [5.41, 5.74) is 1.26. The highest BCUT2D eigenvalue weighted by Gasteiger charge is 2.30. The smallest absolute Gasteiger partial charge is 0.253 e. The molecule has 1 aliphatic rings. The maximum atomic E-state index is 11.9. The summed E-state index contributed by atoms with van der Waals surface area (Å²) in [4.78, 5) is 23.5. The van der Waals surface area contributed by atoms with Crippen LogP contribution in [0.15, 0.2) is 23.1 Å². The second kappa shape index (κ2) is 4.07. The molecule has 5 heteroatoms. The van der Waals surface area contributed by atoms with Gasteiger partial charge in [0.2, 0.25) is 5.91 Å². The van der Waals surface area contributed by atoms with E-state index in [2.05, 4.69) is 10.6 Å². The molecule has 2 rings (SSSR count). The number of hydrogen-bond acceptors (Lipinski definition) is 3. The molecule has 4 nitrogen and oxygen atoms in total. The van der Waals surface area contributed by atoms with Crippen LogP contribution in [0.3, 0.4) is 0 Å². The van der Waals surface area contributed by atoms with E-state index < -0.39 is 0 Å². The molecule has 0 radical (unpaired) electrons. The van der Waals surface area contributed by atoms with Crippen LogP contribution in [0.25, 0.3) is 0 Å². The van der Waals surface area contributed by atoms with Crippen molar-refractivity contribution in [1.82, 2.24) is 5.32 Å². The number of amides is 2. The number of carbonyl (C=O) groups is 2. The van der Waals surface area contributed by atoms with E-state index in [-0.39, 0.29) is 16.7 Å². The molecule has 0 bridgehead atoms. The third-order valence-corrected chi connectivity index (χ3v) is 3.51. The average molecular weight is 250 g/mol. The zero-order chi connectivity index (χ0) is 12.6. The summed E-state index contributed by atoms with van der Waals surface area (Å²) in [5, 5.41) is 5.57.